The second-order valence-electron chi connectivity index (χ2n) is 5.39. The molecule has 1 saturated heterocycles. The number of benzene rings is 1. The molecule has 2 rings (SSSR count). The highest BCUT2D eigenvalue weighted by Crippen LogP contribution is 2.26. The van der Waals surface area contributed by atoms with Crippen LogP contribution in [0.4, 0.5) is 5.69 Å². The van der Waals surface area contributed by atoms with Gasteiger partial charge in [0.1, 0.15) is 5.75 Å². The Morgan fingerprint density at radius 1 is 1.33 bits per heavy atom. The fourth-order valence-electron chi connectivity index (χ4n) is 2.59. The third kappa shape index (κ3) is 2.96. The molecule has 3 nitrogen and oxygen atoms in total. The number of ether oxygens (including phenoxy) is 1. The van der Waals surface area contributed by atoms with Crippen molar-refractivity contribution in [3.63, 3.8) is 0 Å². The van der Waals surface area contributed by atoms with Crippen molar-refractivity contribution in [1.82, 2.24) is 4.90 Å². The summed E-state index contributed by atoms with van der Waals surface area (Å²) in [5.41, 5.74) is 9.18. The first kappa shape index (κ1) is 13.2. The normalized spacial score (nSPS) is 20.3. The largest absolute Gasteiger partial charge is 0.491 e. The Bertz CT molecular complexity index is 417. The molecule has 18 heavy (non-hydrogen) atoms. The van der Waals surface area contributed by atoms with Crippen LogP contribution in [-0.4, -0.2) is 31.1 Å². The van der Waals surface area contributed by atoms with Gasteiger partial charge in [-0.3, -0.25) is 0 Å². The highest BCUT2D eigenvalue weighted by Gasteiger charge is 2.20. The summed E-state index contributed by atoms with van der Waals surface area (Å²) in [5.74, 6) is 0.832. The number of hydrogen-bond acceptors (Lipinski definition) is 3. The van der Waals surface area contributed by atoms with Crippen molar-refractivity contribution < 1.29 is 4.74 Å². The maximum Gasteiger partial charge on any atom is 0.142 e. The standard InChI is InChI=1S/C15H24N2O/c1-11-9-14(16)15(10-12(11)2)18-8-6-13-5-4-7-17(13)3/h9-10,13H,4-8,16H2,1-3H3. The van der Waals surface area contributed by atoms with Crippen LogP contribution in [-0.2, 0) is 0 Å². The van der Waals surface area contributed by atoms with E-state index in [-0.39, 0.29) is 0 Å². The molecule has 1 aliphatic heterocycles. The summed E-state index contributed by atoms with van der Waals surface area (Å²) in [7, 11) is 2.20. The number of anilines is 1. The topological polar surface area (TPSA) is 38.5 Å². The Hall–Kier alpha value is -1.22. The van der Waals surface area contributed by atoms with E-state index in [0.717, 1.165) is 24.5 Å². The van der Waals surface area contributed by atoms with Gasteiger partial charge < -0.3 is 15.4 Å². The maximum absolute atomic E-state index is 5.98. The van der Waals surface area contributed by atoms with Crippen LogP contribution in [0.2, 0.25) is 0 Å². The Morgan fingerprint density at radius 2 is 2.06 bits per heavy atom. The predicted molar refractivity (Wildman–Crippen MR) is 76.1 cm³/mol. The van der Waals surface area contributed by atoms with Gasteiger partial charge in [0.2, 0.25) is 0 Å². The third-order valence-corrected chi connectivity index (χ3v) is 4.01. The molecule has 0 amide bonds. The van der Waals surface area contributed by atoms with Gasteiger partial charge in [-0.05, 0) is 70.0 Å². The first-order valence-electron chi connectivity index (χ1n) is 6.77. The molecule has 0 bridgehead atoms. The molecule has 0 saturated carbocycles. The van der Waals surface area contributed by atoms with Crippen LogP contribution in [0.5, 0.6) is 5.75 Å². The highest BCUT2D eigenvalue weighted by atomic mass is 16.5. The average Bonchev–Trinajstić information content (AvgIpc) is 2.72. The summed E-state index contributed by atoms with van der Waals surface area (Å²) in [4.78, 5) is 2.42. The van der Waals surface area contributed by atoms with Crippen LogP contribution in [0.1, 0.15) is 30.4 Å². The van der Waals surface area contributed by atoms with Gasteiger partial charge in [0.15, 0.2) is 0 Å². The van der Waals surface area contributed by atoms with Gasteiger partial charge in [0, 0.05) is 6.04 Å². The van der Waals surface area contributed by atoms with E-state index in [9.17, 15) is 0 Å². The van der Waals surface area contributed by atoms with Crippen LogP contribution in [0.3, 0.4) is 0 Å². The smallest absolute Gasteiger partial charge is 0.142 e. The lowest BCUT2D eigenvalue weighted by atomic mass is 10.1. The molecule has 2 N–H and O–H groups in total. The summed E-state index contributed by atoms with van der Waals surface area (Å²) in [6.45, 7) is 6.13. The van der Waals surface area contributed by atoms with Crippen LogP contribution in [0.25, 0.3) is 0 Å². The van der Waals surface area contributed by atoms with E-state index >= 15 is 0 Å². The number of rotatable bonds is 4. The van der Waals surface area contributed by atoms with Gasteiger partial charge >= 0.3 is 0 Å². The van der Waals surface area contributed by atoms with Crippen molar-refractivity contribution in [3.8, 4) is 5.75 Å². The van der Waals surface area contributed by atoms with Crippen LogP contribution in [0.15, 0.2) is 12.1 Å². The minimum absolute atomic E-state index is 0.678. The molecule has 1 unspecified atom stereocenters. The molecule has 0 aromatic heterocycles. The number of nitrogen functional groups attached to an aromatic ring is 1. The van der Waals surface area contributed by atoms with Gasteiger partial charge in [-0.1, -0.05) is 0 Å². The summed E-state index contributed by atoms with van der Waals surface area (Å²) >= 11 is 0. The van der Waals surface area contributed by atoms with E-state index in [2.05, 4.69) is 25.8 Å². The second kappa shape index (κ2) is 5.61. The monoisotopic (exact) mass is 248 g/mol. The number of nitrogens with zero attached hydrogens (tertiary/aromatic N) is 1. The molecule has 1 fully saturated rings. The SMILES string of the molecule is Cc1cc(N)c(OCCC2CCCN2C)cc1C. The lowest BCUT2D eigenvalue weighted by Crippen LogP contribution is -2.26. The lowest BCUT2D eigenvalue weighted by Gasteiger charge is -2.19. The summed E-state index contributed by atoms with van der Waals surface area (Å²) in [6.07, 6.45) is 3.69. The zero-order valence-electron chi connectivity index (χ0n) is 11.7. The molecule has 1 aromatic rings. The third-order valence-electron chi connectivity index (χ3n) is 4.01. The zero-order chi connectivity index (χ0) is 13.1. The fraction of sp³-hybridized carbons (Fsp3) is 0.600. The van der Waals surface area contributed by atoms with E-state index in [1.807, 2.05) is 12.1 Å². The first-order valence-corrected chi connectivity index (χ1v) is 6.77. The minimum atomic E-state index is 0.678. The summed E-state index contributed by atoms with van der Waals surface area (Å²) in [5, 5.41) is 0. The minimum Gasteiger partial charge on any atom is -0.491 e. The number of likely N-dealkylation sites (tertiary alicyclic amines) is 1. The van der Waals surface area contributed by atoms with E-state index in [1.54, 1.807) is 0 Å². The quantitative estimate of drug-likeness (QED) is 0.833. The predicted octanol–water partition coefficient (Wildman–Crippen LogP) is 2.75. The molecule has 0 aliphatic carbocycles. The number of aryl methyl sites for hydroxylation is 2. The average molecular weight is 248 g/mol. The van der Waals surface area contributed by atoms with Gasteiger partial charge in [-0.25, -0.2) is 0 Å². The molecule has 0 radical (unpaired) electrons. The van der Waals surface area contributed by atoms with Crippen molar-refractivity contribution in [1.29, 1.82) is 0 Å². The molecule has 1 heterocycles. The van der Waals surface area contributed by atoms with Crippen molar-refractivity contribution in [3.05, 3.63) is 23.3 Å². The fourth-order valence-corrected chi connectivity index (χ4v) is 2.59. The summed E-state index contributed by atoms with van der Waals surface area (Å²) < 4.78 is 5.83. The Kier molecular flexibility index (Phi) is 4.12. The van der Waals surface area contributed by atoms with Crippen LogP contribution < -0.4 is 10.5 Å². The van der Waals surface area contributed by atoms with E-state index in [0.29, 0.717) is 6.04 Å². The van der Waals surface area contributed by atoms with E-state index < -0.39 is 0 Å². The molecule has 1 aliphatic rings. The van der Waals surface area contributed by atoms with Gasteiger partial charge in [0.05, 0.1) is 12.3 Å². The second-order valence-corrected chi connectivity index (χ2v) is 5.39. The molecule has 0 spiro atoms. The lowest BCUT2D eigenvalue weighted by molar-refractivity contribution is 0.234. The van der Waals surface area contributed by atoms with Gasteiger partial charge in [-0.15, -0.1) is 0 Å². The van der Waals surface area contributed by atoms with E-state index in [1.165, 1.54) is 30.5 Å². The van der Waals surface area contributed by atoms with Crippen LogP contribution >= 0.6 is 0 Å². The number of hydrogen-bond donors (Lipinski definition) is 1. The Morgan fingerprint density at radius 3 is 2.72 bits per heavy atom. The van der Waals surface area contributed by atoms with Crippen molar-refractivity contribution in [2.45, 2.75) is 39.2 Å². The molecular weight excluding hydrogens is 224 g/mol. The molecule has 100 valence electrons. The van der Waals surface area contributed by atoms with Crippen molar-refractivity contribution in [2.24, 2.45) is 0 Å². The maximum atomic E-state index is 5.98. The molecule has 1 aromatic carbocycles. The van der Waals surface area contributed by atoms with Crippen molar-refractivity contribution >= 4 is 5.69 Å². The van der Waals surface area contributed by atoms with E-state index in [4.69, 9.17) is 10.5 Å². The van der Waals surface area contributed by atoms with Gasteiger partial charge in [0.25, 0.3) is 0 Å². The Balaban J connectivity index is 1.88. The number of nitrogens with two attached hydrogens (primary N) is 1. The molecule has 3 heteroatoms. The highest BCUT2D eigenvalue weighted by molar-refractivity contribution is 5.56. The Labute approximate surface area is 110 Å². The molecule has 1 atom stereocenters. The van der Waals surface area contributed by atoms with Gasteiger partial charge in [-0.2, -0.15) is 0 Å². The van der Waals surface area contributed by atoms with Crippen molar-refractivity contribution in [2.75, 3.05) is 25.9 Å². The summed E-state index contributed by atoms with van der Waals surface area (Å²) in [6, 6.07) is 4.72. The molecular formula is C15H24N2O. The van der Waals surface area contributed by atoms with Crippen LogP contribution in [0, 0.1) is 13.8 Å². The zero-order valence-corrected chi connectivity index (χ0v) is 11.7. The first-order chi connectivity index (χ1) is 8.58.